The van der Waals surface area contributed by atoms with Crippen LogP contribution in [0.25, 0.3) is 0 Å². The molecule has 0 saturated heterocycles. The predicted octanol–water partition coefficient (Wildman–Crippen LogP) is 4.75. The van der Waals surface area contributed by atoms with Gasteiger partial charge in [-0.2, -0.15) is 0 Å². The van der Waals surface area contributed by atoms with Crippen LogP contribution in [0.5, 0.6) is 0 Å². The molecule has 1 nitrogen and oxygen atoms in total. The van der Waals surface area contributed by atoms with E-state index < -0.39 is 0 Å². The lowest BCUT2D eigenvalue weighted by Gasteiger charge is -2.18. The SMILES string of the molecule is BrC(Cc1ccncc1)CC1CCCCCC1. The van der Waals surface area contributed by atoms with Crippen molar-refractivity contribution < 1.29 is 0 Å². The summed E-state index contributed by atoms with van der Waals surface area (Å²) < 4.78 is 0. The zero-order valence-corrected chi connectivity index (χ0v) is 12.0. The second-order valence-electron chi connectivity index (χ2n) is 5.25. The molecule has 1 atom stereocenters. The van der Waals surface area contributed by atoms with Crippen molar-refractivity contribution >= 4 is 15.9 Å². The summed E-state index contributed by atoms with van der Waals surface area (Å²) >= 11 is 3.86. The molecule has 1 aromatic heterocycles. The number of hydrogen-bond donors (Lipinski definition) is 0. The van der Waals surface area contributed by atoms with Crippen molar-refractivity contribution in [2.75, 3.05) is 0 Å². The van der Waals surface area contributed by atoms with Gasteiger partial charge in [0.25, 0.3) is 0 Å². The maximum atomic E-state index is 4.07. The molecule has 1 unspecified atom stereocenters. The van der Waals surface area contributed by atoms with Crippen molar-refractivity contribution in [1.82, 2.24) is 4.98 Å². The Morgan fingerprint density at radius 3 is 2.41 bits per heavy atom. The molecule has 1 fully saturated rings. The molecule has 94 valence electrons. The Hall–Kier alpha value is -0.370. The first kappa shape index (κ1) is 13.1. The maximum Gasteiger partial charge on any atom is 0.0270 e. The monoisotopic (exact) mass is 295 g/mol. The number of rotatable bonds is 4. The van der Waals surface area contributed by atoms with Crippen LogP contribution in [-0.2, 0) is 6.42 Å². The van der Waals surface area contributed by atoms with Crippen LogP contribution in [0.3, 0.4) is 0 Å². The summed E-state index contributed by atoms with van der Waals surface area (Å²) in [5, 5.41) is 0. The highest BCUT2D eigenvalue weighted by Gasteiger charge is 2.16. The topological polar surface area (TPSA) is 12.9 Å². The fraction of sp³-hybridized carbons (Fsp3) is 0.667. The van der Waals surface area contributed by atoms with E-state index in [1.165, 1.54) is 50.5 Å². The van der Waals surface area contributed by atoms with Crippen molar-refractivity contribution in [3.8, 4) is 0 Å². The van der Waals surface area contributed by atoms with E-state index in [9.17, 15) is 0 Å². The van der Waals surface area contributed by atoms with Gasteiger partial charge in [-0.3, -0.25) is 4.98 Å². The molecular formula is C15H22BrN. The van der Waals surface area contributed by atoms with Crippen LogP contribution in [-0.4, -0.2) is 9.81 Å². The molecule has 1 aliphatic rings. The molecule has 1 aromatic rings. The highest BCUT2D eigenvalue weighted by molar-refractivity contribution is 9.09. The Bertz CT molecular complexity index is 304. The van der Waals surface area contributed by atoms with Crippen LogP contribution < -0.4 is 0 Å². The summed E-state index contributed by atoms with van der Waals surface area (Å²) in [6, 6.07) is 4.25. The average Bonchev–Trinajstić information content (AvgIpc) is 2.59. The van der Waals surface area contributed by atoms with Crippen LogP contribution in [0.15, 0.2) is 24.5 Å². The van der Waals surface area contributed by atoms with Gasteiger partial charge in [0.15, 0.2) is 0 Å². The Morgan fingerprint density at radius 2 is 1.76 bits per heavy atom. The zero-order chi connectivity index (χ0) is 11.9. The van der Waals surface area contributed by atoms with Gasteiger partial charge in [-0.1, -0.05) is 54.5 Å². The molecule has 1 heterocycles. The lowest BCUT2D eigenvalue weighted by atomic mass is 9.93. The van der Waals surface area contributed by atoms with Gasteiger partial charge >= 0.3 is 0 Å². The predicted molar refractivity (Wildman–Crippen MR) is 76.5 cm³/mol. The van der Waals surface area contributed by atoms with Crippen molar-refractivity contribution in [2.24, 2.45) is 5.92 Å². The zero-order valence-electron chi connectivity index (χ0n) is 10.4. The lowest BCUT2D eigenvalue weighted by Crippen LogP contribution is -2.10. The lowest BCUT2D eigenvalue weighted by molar-refractivity contribution is 0.423. The van der Waals surface area contributed by atoms with Crippen LogP contribution in [0.4, 0.5) is 0 Å². The molecule has 0 amide bonds. The minimum absolute atomic E-state index is 0.632. The largest absolute Gasteiger partial charge is 0.265 e. The fourth-order valence-corrected chi connectivity index (χ4v) is 3.72. The van der Waals surface area contributed by atoms with E-state index >= 15 is 0 Å². The first-order valence-corrected chi connectivity index (χ1v) is 7.79. The van der Waals surface area contributed by atoms with Crippen molar-refractivity contribution in [1.29, 1.82) is 0 Å². The van der Waals surface area contributed by atoms with E-state index in [1.54, 1.807) is 0 Å². The molecule has 0 bridgehead atoms. The Labute approximate surface area is 113 Å². The second-order valence-corrected chi connectivity index (χ2v) is 6.55. The van der Waals surface area contributed by atoms with Gasteiger partial charge in [0.05, 0.1) is 0 Å². The first-order valence-electron chi connectivity index (χ1n) is 6.87. The minimum atomic E-state index is 0.632. The third kappa shape index (κ3) is 4.79. The smallest absolute Gasteiger partial charge is 0.0270 e. The van der Waals surface area contributed by atoms with E-state index in [4.69, 9.17) is 0 Å². The number of halogens is 1. The summed E-state index contributed by atoms with van der Waals surface area (Å²) in [7, 11) is 0. The van der Waals surface area contributed by atoms with Crippen molar-refractivity contribution in [3.05, 3.63) is 30.1 Å². The fourth-order valence-electron chi connectivity index (χ4n) is 2.82. The highest BCUT2D eigenvalue weighted by atomic mass is 79.9. The van der Waals surface area contributed by atoms with Crippen LogP contribution in [0, 0.1) is 5.92 Å². The molecule has 17 heavy (non-hydrogen) atoms. The number of hydrogen-bond acceptors (Lipinski definition) is 1. The van der Waals surface area contributed by atoms with E-state index in [-0.39, 0.29) is 0 Å². The van der Waals surface area contributed by atoms with Gasteiger partial charge in [-0.15, -0.1) is 0 Å². The molecule has 0 spiro atoms. The van der Waals surface area contributed by atoms with Gasteiger partial charge < -0.3 is 0 Å². The van der Waals surface area contributed by atoms with E-state index in [1.807, 2.05) is 12.4 Å². The van der Waals surface area contributed by atoms with Crippen molar-refractivity contribution in [2.45, 2.75) is 56.2 Å². The standard InChI is InChI=1S/C15H22BrN/c16-15(12-14-7-9-17-10-8-14)11-13-5-3-1-2-4-6-13/h7-10,13,15H,1-6,11-12H2. The first-order chi connectivity index (χ1) is 8.34. The Balaban J connectivity index is 1.78. The quantitative estimate of drug-likeness (QED) is 0.577. The summed E-state index contributed by atoms with van der Waals surface area (Å²) in [5.41, 5.74) is 1.40. The normalized spacial score (nSPS) is 19.8. The van der Waals surface area contributed by atoms with E-state index in [0.717, 1.165) is 12.3 Å². The van der Waals surface area contributed by atoms with Gasteiger partial charge in [0, 0.05) is 17.2 Å². The molecule has 2 rings (SSSR count). The second kappa shape index (κ2) is 7.15. The third-order valence-corrected chi connectivity index (χ3v) is 4.47. The summed E-state index contributed by atoms with van der Waals surface area (Å²) in [5.74, 6) is 0.948. The molecule has 0 aromatic carbocycles. The molecule has 2 heteroatoms. The van der Waals surface area contributed by atoms with E-state index in [2.05, 4.69) is 33.0 Å². The van der Waals surface area contributed by atoms with Crippen molar-refractivity contribution in [3.63, 3.8) is 0 Å². The third-order valence-electron chi connectivity index (χ3n) is 3.77. The Morgan fingerprint density at radius 1 is 1.12 bits per heavy atom. The number of pyridine rings is 1. The van der Waals surface area contributed by atoms with Gasteiger partial charge in [-0.25, -0.2) is 0 Å². The minimum Gasteiger partial charge on any atom is -0.265 e. The number of alkyl halides is 1. The molecule has 1 aliphatic carbocycles. The summed E-state index contributed by atoms with van der Waals surface area (Å²) in [4.78, 5) is 4.70. The van der Waals surface area contributed by atoms with Crippen LogP contribution in [0.2, 0.25) is 0 Å². The molecule has 0 N–H and O–H groups in total. The molecule has 0 aliphatic heterocycles. The number of nitrogens with zero attached hydrogens (tertiary/aromatic N) is 1. The van der Waals surface area contributed by atoms with Gasteiger partial charge in [-0.05, 0) is 36.5 Å². The van der Waals surface area contributed by atoms with Crippen LogP contribution >= 0.6 is 15.9 Å². The van der Waals surface area contributed by atoms with Gasteiger partial charge in [0.1, 0.15) is 0 Å². The van der Waals surface area contributed by atoms with E-state index in [0.29, 0.717) is 4.83 Å². The summed E-state index contributed by atoms with van der Waals surface area (Å²) in [6.45, 7) is 0. The maximum absolute atomic E-state index is 4.07. The Kier molecular flexibility index (Phi) is 5.50. The van der Waals surface area contributed by atoms with Gasteiger partial charge in [0.2, 0.25) is 0 Å². The molecule has 1 saturated carbocycles. The summed E-state index contributed by atoms with van der Waals surface area (Å²) in [6.07, 6.45) is 14.9. The average molecular weight is 296 g/mol. The number of aromatic nitrogens is 1. The van der Waals surface area contributed by atoms with Crippen LogP contribution in [0.1, 0.15) is 50.5 Å². The molecule has 0 radical (unpaired) electrons. The highest BCUT2D eigenvalue weighted by Crippen LogP contribution is 2.29. The molecular weight excluding hydrogens is 274 g/mol.